The number of nitrogens with one attached hydrogen (secondary N) is 2. The molecule has 2 aromatic rings. The lowest BCUT2D eigenvalue weighted by Gasteiger charge is -2.22. The molecule has 0 bridgehead atoms. The molecule has 0 unspecified atom stereocenters. The van der Waals surface area contributed by atoms with Gasteiger partial charge in [-0.1, -0.05) is 12.1 Å². The fourth-order valence-corrected chi connectivity index (χ4v) is 2.11. The van der Waals surface area contributed by atoms with Crippen LogP contribution < -0.4 is 10.6 Å². The van der Waals surface area contributed by atoms with E-state index in [2.05, 4.69) is 31.4 Å². The second-order valence-corrected chi connectivity index (χ2v) is 6.31. The predicted octanol–water partition coefficient (Wildman–Crippen LogP) is 4.22. The number of hydrogen-bond donors (Lipinski definition) is 2. The molecule has 0 atom stereocenters. The third-order valence-corrected chi connectivity index (χ3v) is 2.94. The van der Waals surface area contributed by atoms with Crippen LogP contribution in [0.1, 0.15) is 26.3 Å². The standard InChI is InChI=1S/C18H21FN2O/c1-18(2,3)21-16-9-7-15(8-10-16)20-17(22)12-13-5-4-6-14(19)11-13/h4-11,21H,12H2,1-3H3,(H,20,22). The van der Waals surface area contributed by atoms with Crippen LogP contribution in [0.15, 0.2) is 48.5 Å². The second-order valence-electron chi connectivity index (χ2n) is 6.31. The lowest BCUT2D eigenvalue weighted by molar-refractivity contribution is -0.115. The fourth-order valence-electron chi connectivity index (χ4n) is 2.11. The molecule has 0 fully saturated rings. The lowest BCUT2D eigenvalue weighted by Crippen LogP contribution is -2.25. The van der Waals surface area contributed by atoms with Crippen molar-refractivity contribution in [3.63, 3.8) is 0 Å². The molecular weight excluding hydrogens is 279 g/mol. The van der Waals surface area contributed by atoms with Crippen molar-refractivity contribution >= 4 is 17.3 Å². The highest BCUT2D eigenvalue weighted by atomic mass is 19.1. The Morgan fingerprint density at radius 3 is 2.27 bits per heavy atom. The summed E-state index contributed by atoms with van der Waals surface area (Å²) in [4.78, 5) is 12.0. The van der Waals surface area contributed by atoms with Crippen molar-refractivity contribution in [1.82, 2.24) is 0 Å². The number of halogens is 1. The highest BCUT2D eigenvalue weighted by Crippen LogP contribution is 2.18. The average Bonchev–Trinajstić information content (AvgIpc) is 2.39. The van der Waals surface area contributed by atoms with E-state index in [9.17, 15) is 9.18 Å². The Hall–Kier alpha value is -2.36. The Bertz CT molecular complexity index is 645. The summed E-state index contributed by atoms with van der Waals surface area (Å²) >= 11 is 0. The van der Waals surface area contributed by atoms with Gasteiger partial charge in [-0.3, -0.25) is 4.79 Å². The summed E-state index contributed by atoms with van der Waals surface area (Å²) < 4.78 is 13.1. The largest absolute Gasteiger partial charge is 0.380 e. The number of benzene rings is 2. The fraction of sp³-hybridized carbons (Fsp3) is 0.278. The third-order valence-electron chi connectivity index (χ3n) is 2.94. The lowest BCUT2D eigenvalue weighted by atomic mass is 10.1. The Morgan fingerprint density at radius 1 is 1.05 bits per heavy atom. The molecule has 0 spiro atoms. The maximum Gasteiger partial charge on any atom is 0.228 e. The summed E-state index contributed by atoms with van der Waals surface area (Å²) in [6, 6.07) is 13.6. The molecule has 2 N–H and O–H groups in total. The molecule has 116 valence electrons. The minimum absolute atomic E-state index is 0.0118. The summed E-state index contributed by atoms with van der Waals surface area (Å²) in [5.41, 5.74) is 2.36. The van der Waals surface area contributed by atoms with Gasteiger partial charge in [0.05, 0.1) is 6.42 Å². The van der Waals surface area contributed by atoms with E-state index in [4.69, 9.17) is 0 Å². The Kier molecular flexibility index (Phi) is 4.81. The quantitative estimate of drug-likeness (QED) is 0.887. The predicted molar refractivity (Wildman–Crippen MR) is 88.6 cm³/mol. The Morgan fingerprint density at radius 2 is 1.68 bits per heavy atom. The zero-order valence-electron chi connectivity index (χ0n) is 13.1. The van der Waals surface area contributed by atoms with Crippen LogP contribution in [-0.2, 0) is 11.2 Å². The second kappa shape index (κ2) is 6.60. The molecule has 3 nitrogen and oxygen atoms in total. The average molecular weight is 300 g/mol. The first-order chi connectivity index (χ1) is 10.3. The monoisotopic (exact) mass is 300 g/mol. The molecule has 22 heavy (non-hydrogen) atoms. The van der Waals surface area contributed by atoms with E-state index in [1.165, 1.54) is 12.1 Å². The number of carbonyl (C=O) groups excluding carboxylic acids is 1. The highest BCUT2D eigenvalue weighted by molar-refractivity contribution is 5.92. The first-order valence-corrected chi connectivity index (χ1v) is 7.24. The normalized spacial score (nSPS) is 11.1. The molecule has 4 heteroatoms. The molecule has 0 aliphatic heterocycles. The van der Waals surface area contributed by atoms with Gasteiger partial charge >= 0.3 is 0 Å². The summed E-state index contributed by atoms with van der Waals surface area (Å²) in [6.07, 6.45) is 0.153. The van der Waals surface area contributed by atoms with Crippen LogP contribution in [0.3, 0.4) is 0 Å². The van der Waals surface area contributed by atoms with Gasteiger partial charge in [0.15, 0.2) is 0 Å². The minimum Gasteiger partial charge on any atom is -0.380 e. The van der Waals surface area contributed by atoms with Gasteiger partial charge in [0, 0.05) is 16.9 Å². The molecule has 0 saturated carbocycles. The van der Waals surface area contributed by atoms with E-state index in [0.717, 1.165) is 11.4 Å². The smallest absolute Gasteiger partial charge is 0.228 e. The molecule has 0 aliphatic rings. The van der Waals surface area contributed by atoms with Gasteiger partial charge in [-0.2, -0.15) is 0 Å². The van der Waals surface area contributed by atoms with E-state index in [0.29, 0.717) is 5.56 Å². The third kappa shape index (κ3) is 5.20. The molecule has 0 aliphatic carbocycles. The number of rotatable bonds is 4. The highest BCUT2D eigenvalue weighted by Gasteiger charge is 2.09. The van der Waals surface area contributed by atoms with Crippen molar-refractivity contribution in [3.05, 3.63) is 59.9 Å². The van der Waals surface area contributed by atoms with E-state index in [-0.39, 0.29) is 23.7 Å². The van der Waals surface area contributed by atoms with E-state index in [1.807, 2.05) is 24.3 Å². The molecule has 2 rings (SSSR count). The number of anilines is 2. The number of amides is 1. The van der Waals surface area contributed by atoms with Gasteiger partial charge in [0.1, 0.15) is 5.82 Å². The topological polar surface area (TPSA) is 41.1 Å². The van der Waals surface area contributed by atoms with Gasteiger partial charge in [0.25, 0.3) is 0 Å². The van der Waals surface area contributed by atoms with Crippen molar-refractivity contribution in [2.45, 2.75) is 32.7 Å². The summed E-state index contributed by atoms with van der Waals surface area (Å²) in [5.74, 6) is -0.495. The molecule has 0 saturated heterocycles. The molecule has 0 radical (unpaired) electrons. The van der Waals surface area contributed by atoms with Gasteiger partial charge in [-0.15, -0.1) is 0 Å². The Balaban J connectivity index is 1.94. The van der Waals surface area contributed by atoms with Crippen molar-refractivity contribution in [1.29, 1.82) is 0 Å². The summed E-state index contributed by atoms with van der Waals surface area (Å²) in [6.45, 7) is 6.25. The van der Waals surface area contributed by atoms with Crippen LogP contribution in [0.4, 0.5) is 15.8 Å². The van der Waals surface area contributed by atoms with Gasteiger partial charge in [0.2, 0.25) is 5.91 Å². The first-order valence-electron chi connectivity index (χ1n) is 7.24. The summed E-state index contributed by atoms with van der Waals surface area (Å²) in [7, 11) is 0. The van der Waals surface area contributed by atoms with Crippen LogP contribution in [0, 0.1) is 5.82 Å². The van der Waals surface area contributed by atoms with Gasteiger partial charge < -0.3 is 10.6 Å². The zero-order valence-corrected chi connectivity index (χ0v) is 13.1. The van der Waals surface area contributed by atoms with E-state index >= 15 is 0 Å². The number of carbonyl (C=O) groups is 1. The SMILES string of the molecule is CC(C)(C)Nc1ccc(NC(=O)Cc2cccc(F)c2)cc1. The van der Waals surface area contributed by atoms with Gasteiger partial charge in [-0.25, -0.2) is 4.39 Å². The maximum absolute atomic E-state index is 13.1. The first kappa shape index (κ1) is 16.0. The van der Waals surface area contributed by atoms with E-state index in [1.54, 1.807) is 12.1 Å². The molecular formula is C18H21FN2O. The van der Waals surface area contributed by atoms with Crippen molar-refractivity contribution in [2.24, 2.45) is 0 Å². The zero-order chi connectivity index (χ0) is 16.2. The van der Waals surface area contributed by atoms with Crippen LogP contribution in [0.5, 0.6) is 0 Å². The van der Waals surface area contributed by atoms with Crippen LogP contribution >= 0.6 is 0 Å². The van der Waals surface area contributed by atoms with Crippen LogP contribution in [0.25, 0.3) is 0 Å². The van der Waals surface area contributed by atoms with Crippen molar-refractivity contribution in [2.75, 3.05) is 10.6 Å². The Labute approximate surface area is 130 Å². The summed E-state index contributed by atoms with van der Waals surface area (Å²) in [5, 5.41) is 6.16. The van der Waals surface area contributed by atoms with Gasteiger partial charge in [-0.05, 0) is 62.7 Å². The minimum atomic E-state index is -0.331. The molecule has 0 aromatic heterocycles. The van der Waals surface area contributed by atoms with Crippen LogP contribution in [0.2, 0.25) is 0 Å². The van der Waals surface area contributed by atoms with E-state index < -0.39 is 0 Å². The molecule has 2 aromatic carbocycles. The maximum atomic E-state index is 13.1. The number of hydrogen-bond acceptors (Lipinski definition) is 2. The molecule has 0 heterocycles. The van der Waals surface area contributed by atoms with Crippen LogP contribution in [-0.4, -0.2) is 11.4 Å². The van der Waals surface area contributed by atoms with Crippen molar-refractivity contribution in [3.8, 4) is 0 Å². The van der Waals surface area contributed by atoms with Crippen molar-refractivity contribution < 1.29 is 9.18 Å². The molecule has 1 amide bonds.